The highest BCUT2D eigenvalue weighted by atomic mass is 16.7. The summed E-state index contributed by atoms with van der Waals surface area (Å²) < 4.78 is 22.1. The molecule has 0 aliphatic rings. The van der Waals surface area contributed by atoms with Crippen LogP contribution in [0.5, 0.6) is 11.5 Å². The van der Waals surface area contributed by atoms with Crippen LogP contribution in [0.4, 0.5) is 0 Å². The van der Waals surface area contributed by atoms with Crippen LogP contribution in [-0.4, -0.2) is 65.4 Å². The summed E-state index contributed by atoms with van der Waals surface area (Å²) in [6, 6.07) is 14.5. The first-order chi connectivity index (χ1) is 14.5. The van der Waals surface area contributed by atoms with E-state index < -0.39 is 18.5 Å². The van der Waals surface area contributed by atoms with Gasteiger partial charge in [0, 0.05) is 0 Å². The van der Waals surface area contributed by atoms with E-state index in [0.717, 1.165) is 11.1 Å². The van der Waals surface area contributed by atoms with E-state index in [1.54, 1.807) is 24.3 Å². The van der Waals surface area contributed by atoms with Crippen LogP contribution in [0.3, 0.4) is 0 Å². The lowest BCUT2D eigenvalue weighted by molar-refractivity contribution is -0.144. The Labute approximate surface area is 176 Å². The largest absolute Gasteiger partial charge is 0.491 e. The Morgan fingerprint density at radius 1 is 0.667 bits per heavy atom. The molecule has 0 bridgehead atoms. The number of hydrogen-bond acceptors (Lipinski definition) is 8. The average Bonchev–Trinajstić information content (AvgIpc) is 2.79. The van der Waals surface area contributed by atoms with Crippen LogP contribution in [0.15, 0.2) is 48.5 Å². The minimum Gasteiger partial charge on any atom is -0.491 e. The molecule has 2 aromatic carbocycles. The molecular formula is C22H30O8. The Morgan fingerprint density at radius 2 is 1.03 bits per heavy atom. The van der Waals surface area contributed by atoms with Gasteiger partial charge in [-0.3, -0.25) is 0 Å². The van der Waals surface area contributed by atoms with E-state index in [-0.39, 0.29) is 26.4 Å². The Kier molecular flexibility index (Phi) is 10.6. The minimum absolute atomic E-state index is 0.0366. The summed E-state index contributed by atoms with van der Waals surface area (Å²) in [5.41, 5.74) is 1.90. The molecule has 0 fully saturated rings. The molecule has 30 heavy (non-hydrogen) atoms. The van der Waals surface area contributed by atoms with Crippen molar-refractivity contribution in [3.63, 3.8) is 0 Å². The predicted molar refractivity (Wildman–Crippen MR) is 109 cm³/mol. The summed E-state index contributed by atoms with van der Waals surface area (Å²) in [5, 5.41) is 36.1. The van der Waals surface area contributed by atoms with E-state index in [1.165, 1.54) is 0 Å². The Hall–Kier alpha value is -2.20. The highest BCUT2D eigenvalue weighted by Gasteiger charge is 2.07. The smallest absolute Gasteiger partial charge is 0.155 e. The van der Waals surface area contributed by atoms with Crippen LogP contribution < -0.4 is 9.47 Å². The Bertz CT molecular complexity index is 643. The molecule has 0 heterocycles. The van der Waals surface area contributed by atoms with E-state index in [4.69, 9.17) is 29.2 Å². The lowest BCUT2D eigenvalue weighted by Crippen LogP contribution is -2.21. The van der Waals surface area contributed by atoms with Gasteiger partial charge in [0.2, 0.25) is 0 Å². The molecule has 2 unspecified atom stereocenters. The van der Waals surface area contributed by atoms with Gasteiger partial charge in [-0.15, -0.1) is 0 Å². The maximum absolute atomic E-state index is 9.29. The van der Waals surface area contributed by atoms with Crippen molar-refractivity contribution < 1.29 is 39.4 Å². The fourth-order valence-electron chi connectivity index (χ4n) is 2.33. The molecule has 4 N–H and O–H groups in total. The maximum atomic E-state index is 9.29. The highest BCUT2D eigenvalue weighted by molar-refractivity contribution is 5.27. The third kappa shape index (κ3) is 9.08. The van der Waals surface area contributed by atoms with Gasteiger partial charge in [0.15, 0.2) is 6.29 Å². The molecule has 0 aliphatic heterocycles. The predicted octanol–water partition coefficient (Wildman–Crippen LogP) is 1.23. The Morgan fingerprint density at radius 3 is 1.37 bits per heavy atom. The van der Waals surface area contributed by atoms with Gasteiger partial charge < -0.3 is 39.4 Å². The van der Waals surface area contributed by atoms with Gasteiger partial charge >= 0.3 is 0 Å². The third-order valence-corrected chi connectivity index (χ3v) is 4.12. The molecule has 0 spiro atoms. The van der Waals surface area contributed by atoms with Crippen LogP contribution in [0.2, 0.25) is 0 Å². The van der Waals surface area contributed by atoms with Crippen molar-refractivity contribution >= 4 is 0 Å². The van der Waals surface area contributed by atoms with Crippen molar-refractivity contribution in [1.82, 2.24) is 0 Å². The summed E-state index contributed by atoms with van der Waals surface area (Å²) in [6.07, 6.45) is -2.20. The highest BCUT2D eigenvalue weighted by Crippen LogP contribution is 2.16. The zero-order chi connectivity index (χ0) is 21.8. The van der Waals surface area contributed by atoms with Crippen molar-refractivity contribution in [2.75, 3.05) is 26.4 Å². The second kappa shape index (κ2) is 13.2. The maximum Gasteiger partial charge on any atom is 0.155 e. The van der Waals surface area contributed by atoms with E-state index in [9.17, 15) is 10.2 Å². The van der Waals surface area contributed by atoms with E-state index >= 15 is 0 Å². The zero-order valence-corrected chi connectivity index (χ0v) is 17.0. The summed E-state index contributed by atoms with van der Waals surface area (Å²) in [6.45, 7) is 1.97. The molecule has 0 aliphatic carbocycles. The monoisotopic (exact) mass is 422 g/mol. The topological polar surface area (TPSA) is 118 Å². The first kappa shape index (κ1) is 24.1. The molecule has 8 nitrogen and oxygen atoms in total. The van der Waals surface area contributed by atoms with E-state index in [0.29, 0.717) is 24.7 Å². The van der Waals surface area contributed by atoms with Gasteiger partial charge in [-0.25, -0.2) is 0 Å². The fraction of sp³-hybridized carbons (Fsp3) is 0.455. The molecule has 166 valence electrons. The number of aliphatic hydroxyl groups is 4. The average molecular weight is 422 g/mol. The molecule has 0 aromatic heterocycles. The fourth-order valence-corrected chi connectivity index (χ4v) is 2.33. The molecule has 2 atom stereocenters. The molecule has 2 aromatic rings. The molecule has 2 rings (SSSR count). The van der Waals surface area contributed by atoms with Crippen molar-refractivity contribution in [3.8, 4) is 11.5 Å². The number of hydrogen-bond donors (Lipinski definition) is 4. The summed E-state index contributed by atoms with van der Waals surface area (Å²) in [7, 11) is 0. The van der Waals surface area contributed by atoms with Crippen molar-refractivity contribution in [2.45, 2.75) is 38.6 Å². The molecular weight excluding hydrogens is 392 g/mol. The van der Waals surface area contributed by atoms with Crippen LogP contribution in [0, 0.1) is 0 Å². The second-order valence-electron chi connectivity index (χ2n) is 6.77. The minimum atomic E-state index is -0.895. The lowest BCUT2D eigenvalue weighted by atomic mass is 10.2. The van der Waals surface area contributed by atoms with Crippen LogP contribution in [-0.2, 0) is 22.7 Å². The number of benzene rings is 2. The molecule has 0 radical (unpaired) electrons. The molecule has 8 heteroatoms. The van der Waals surface area contributed by atoms with Gasteiger partial charge in [-0.2, -0.15) is 0 Å². The number of ether oxygens (including phenoxy) is 4. The normalized spacial score (nSPS) is 14.2. The first-order valence-electron chi connectivity index (χ1n) is 9.74. The zero-order valence-electron chi connectivity index (χ0n) is 17.0. The molecule has 0 saturated carbocycles. The van der Waals surface area contributed by atoms with E-state index in [1.807, 2.05) is 31.2 Å². The van der Waals surface area contributed by atoms with Crippen molar-refractivity contribution in [1.29, 1.82) is 0 Å². The van der Waals surface area contributed by atoms with Crippen LogP contribution in [0.1, 0.15) is 18.1 Å². The number of aliphatic hydroxyl groups excluding tert-OH is 4. The van der Waals surface area contributed by atoms with Gasteiger partial charge in [-0.1, -0.05) is 24.3 Å². The van der Waals surface area contributed by atoms with Gasteiger partial charge in [0.05, 0.1) is 26.4 Å². The van der Waals surface area contributed by atoms with Gasteiger partial charge in [-0.05, 0) is 42.3 Å². The lowest BCUT2D eigenvalue weighted by Gasteiger charge is -2.15. The second-order valence-corrected chi connectivity index (χ2v) is 6.77. The van der Waals surface area contributed by atoms with Gasteiger partial charge in [0.1, 0.15) is 36.9 Å². The number of rotatable bonds is 14. The summed E-state index contributed by atoms with van der Waals surface area (Å²) >= 11 is 0. The van der Waals surface area contributed by atoms with Crippen molar-refractivity contribution in [3.05, 3.63) is 59.7 Å². The standard InChI is InChI=1S/C22H30O8/c1-16(27-12-17-2-6-21(7-3-17)29-14-19(25)10-23)28-13-18-4-8-22(9-5-18)30-15-20(26)11-24/h2-9,16,19-20,23-26H,10-15H2,1H3. The summed E-state index contributed by atoms with van der Waals surface area (Å²) in [4.78, 5) is 0. The summed E-state index contributed by atoms with van der Waals surface area (Å²) in [5.74, 6) is 1.21. The first-order valence-corrected chi connectivity index (χ1v) is 9.74. The van der Waals surface area contributed by atoms with Crippen LogP contribution in [0.25, 0.3) is 0 Å². The van der Waals surface area contributed by atoms with E-state index in [2.05, 4.69) is 0 Å². The van der Waals surface area contributed by atoms with Crippen molar-refractivity contribution in [2.24, 2.45) is 0 Å². The van der Waals surface area contributed by atoms with Crippen LogP contribution >= 0.6 is 0 Å². The molecule has 0 amide bonds. The van der Waals surface area contributed by atoms with Gasteiger partial charge in [0.25, 0.3) is 0 Å². The Balaban J connectivity index is 1.67. The third-order valence-electron chi connectivity index (χ3n) is 4.12. The molecule has 0 saturated heterocycles. The quantitative estimate of drug-likeness (QED) is 0.336. The SMILES string of the molecule is CC(OCc1ccc(OCC(O)CO)cc1)OCc1ccc(OCC(O)CO)cc1.